The Kier molecular flexibility index (Phi) is 7.39. The number of benzene rings is 1. The SMILES string of the molecule is CCCCCC(=O)COC(c1ccc(Br)cc1)C(F)(F)F. The molecule has 118 valence electrons. The highest BCUT2D eigenvalue weighted by Gasteiger charge is 2.42. The second-order valence-corrected chi connectivity index (χ2v) is 5.70. The summed E-state index contributed by atoms with van der Waals surface area (Å²) in [4.78, 5) is 11.5. The second-order valence-electron chi connectivity index (χ2n) is 4.78. The van der Waals surface area contributed by atoms with Gasteiger partial charge in [-0.2, -0.15) is 13.2 Å². The molecular weight excluding hydrogens is 349 g/mol. The number of alkyl halides is 3. The Bertz CT molecular complexity index is 443. The van der Waals surface area contributed by atoms with E-state index in [2.05, 4.69) is 15.9 Å². The van der Waals surface area contributed by atoms with Crippen LogP contribution in [0.2, 0.25) is 0 Å². The maximum atomic E-state index is 13.0. The van der Waals surface area contributed by atoms with Gasteiger partial charge in [0.25, 0.3) is 0 Å². The number of ether oxygens (including phenoxy) is 1. The molecule has 0 bridgehead atoms. The normalized spacial score (nSPS) is 13.2. The molecule has 2 nitrogen and oxygen atoms in total. The Morgan fingerprint density at radius 2 is 1.86 bits per heavy atom. The van der Waals surface area contributed by atoms with Gasteiger partial charge in [-0.15, -0.1) is 0 Å². The summed E-state index contributed by atoms with van der Waals surface area (Å²) in [5.41, 5.74) is -0.00735. The number of halogens is 4. The van der Waals surface area contributed by atoms with Crippen LogP contribution >= 0.6 is 15.9 Å². The van der Waals surface area contributed by atoms with E-state index in [0.717, 1.165) is 12.8 Å². The van der Waals surface area contributed by atoms with Crippen LogP contribution in [0.15, 0.2) is 28.7 Å². The summed E-state index contributed by atoms with van der Waals surface area (Å²) in [6.07, 6.45) is -3.82. The molecule has 0 spiro atoms. The zero-order valence-corrected chi connectivity index (χ0v) is 13.3. The first-order valence-electron chi connectivity index (χ1n) is 6.80. The molecule has 1 atom stereocenters. The molecule has 1 rings (SSSR count). The molecule has 1 aromatic rings. The number of carbonyl (C=O) groups is 1. The van der Waals surface area contributed by atoms with Gasteiger partial charge >= 0.3 is 6.18 Å². The van der Waals surface area contributed by atoms with Crippen LogP contribution in [0.5, 0.6) is 0 Å². The van der Waals surface area contributed by atoms with E-state index >= 15 is 0 Å². The summed E-state index contributed by atoms with van der Waals surface area (Å²) in [7, 11) is 0. The third-order valence-electron chi connectivity index (χ3n) is 2.94. The Morgan fingerprint density at radius 3 is 2.38 bits per heavy atom. The number of unbranched alkanes of at least 4 members (excludes halogenated alkanes) is 2. The number of hydrogen-bond donors (Lipinski definition) is 0. The van der Waals surface area contributed by atoms with Gasteiger partial charge in [0.1, 0.15) is 6.61 Å². The standard InChI is InChI=1S/C15H18BrF3O2/c1-2-3-4-5-13(20)10-21-14(15(17,18)19)11-6-8-12(16)9-7-11/h6-9,14H,2-5,10H2,1H3. The molecule has 0 aromatic heterocycles. The number of carbonyl (C=O) groups excluding carboxylic acids is 1. The molecule has 0 fully saturated rings. The monoisotopic (exact) mass is 366 g/mol. The summed E-state index contributed by atoms with van der Waals surface area (Å²) in [6, 6.07) is 5.70. The summed E-state index contributed by atoms with van der Waals surface area (Å²) in [6.45, 7) is 1.48. The average Bonchev–Trinajstić information content (AvgIpc) is 2.40. The molecule has 21 heavy (non-hydrogen) atoms. The summed E-state index contributed by atoms with van der Waals surface area (Å²) < 4.78 is 44.6. The maximum Gasteiger partial charge on any atom is 0.418 e. The second kappa shape index (κ2) is 8.54. The summed E-state index contributed by atoms with van der Waals surface area (Å²) in [5.74, 6) is -0.296. The van der Waals surface area contributed by atoms with E-state index in [-0.39, 0.29) is 17.8 Å². The van der Waals surface area contributed by atoms with Crippen molar-refractivity contribution >= 4 is 21.7 Å². The smallest absolute Gasteiger partial charge is 0.356 e. The predicted octanol–water partition coefficient (Wildman–Crippen LogP) is 5.22. The number of hydrogen-bond acceptors (Lipinski definition) is 2. The fourth-order valence-electron chi connectivity index (χ4n) is 1.84. The van der Waals surface area contributed by atoms with Crippen molar-refractivity contribution in [2.24, 2.45) is 0 Å². The largest absolute Gasteiger partial charge is 0.418 e. The first-order valence-corrected chi connectivity index (χ1v) is 7.59. The fourth-order valence-corrected chi connectivity index (χ4v) is 2.10. The van der Waals surface area contributed by atoms with Crippen molar-refractivity contribution < 1.29 is 22.7 Å². The summed E-state index contributed by atoms with van der Waals surface area (Å²) in [5, 5.41) is 0. The van der Waals surface area contributed by atoms with E-state index in [1.165, 1.54) is 24.3 Å². The lowest BCUT2D eigenvalue weighted by Crippen LogP contribution is -2.26. The third kappa shape index (κ3) is 6.61. The minimum absolute atomic E-state index is 0.00735. The number of Topliss-reactive ketones (excluding diaryl/α,β-unsaturated/α-hetero) is 1. The van der Waals surface area contributed by atoms with Crippen LogP contribution in [-0.4, -0.2) is 18.6 Å². The van der Waals surface area contributed by atoms with Gasteiger partial charge in [-0.1, -0.05) is 47.8 Å². The zero-order chi connectivity index (χ0) is 15.9. The highest BCUT2D eigenvalue weighted by Crippen LogP contribution is 2.36. The molecule has 1 aromatic carbocycles. The van der Waals surface area contributed by atoms with E-state index in [9.17, 15) is 18.0 Å². The lowest BCUT2D eigenvalue weighted by molar-refractivity contribution is -0.222. The minimum Gasteiger partial charge on any atom is -0.356 e. The molecule has 0 aliphatic carbocycles. The highest BCUT2D eigenvalue weighted by atomic mass is 79.9. The Balaban J connectivity index is 2.64. The van der Waals surface area contributed by atoms with E-state index in [4.69, 9.17) is 4.74 Å². The molecule has 1 unspecified atom stereocenters. The highest BCUT2D eigenvalue weighted by molar-refractivity contribution is 9.10. The predicted molar refractivity (Wildman–Crippen MR) is 78.0 cm³/mol. The van der Waals surface area contributed by atoms with Gasteiger partial charge in [0.05, 0.1) is 0 Å². The molecule has 0 aliphatic heterocycles. The van der Waals surface area contributed by atoms with E-state index < -0.39 is 18.9 Å². The van der Waals surface area contributed by atoms with Crippen molar-refractivity contribution in [3.8, 4) is 0 Å². The molecule has 0 saturated heterocycles. The Labute approximate surface area is 130 Å². The topological polar surface area (TPSA) is 26.3 Å². The van der Waals surface area contributed by atoms with Gasteiger partial charge in [-0.3, -0.25) is 4.79 Å². The molecule has 6 heteroatoms. The third-order valence-corrected chi connectivity index (χ3v) is 3.47. The van der Waals surface area contributed by atoms with Gasteiger partial charge in [0.2, 0.25) is 0 Å². The molecule has 0 radical (unpaired) electrons. The van der Waals surface area contributed by atoms with Crippen LogP contribution in [0.1, 0.15) is 44.3 Å². The Hall–Kier alpha value is -0.880. The molecular formula is C15H18BrF3O2. The molecule has 0 aliphatic rings. The van der Waals surface area contributed by atoms with Crippen molar-refractivity contribution in [3.63, 3.8) is 0 Å². The van der Waals surface area contributed by atoms with Crippen molar-refractivity contribution in [1.82, 2.24) is 0 Å². The van der Waals surface area contributed by atoms with Crippen LogP contribution in [0.4, 0.5) is 13.2 Å². The van der Waals surface area contributed by atoms with Crippen LogP contribution < -0.4 is 0 Å². The van der Waals surface area contributed by atoms with E-state index in [1.807, 2.05) is 6.92 Å². The molecule has 0 amide bonds. The van der Waals surface area contributed by atoms with Gasteiger partial charge < -0.3 is 4.74 Å². The minimum atomic E-state index is -4.54. The van der Waals surface area contributed by atoms with Crippen LogP contribution in [0.3, 0.4) is 0 Å². The summed E-state index contributed by atoms with van der Waals surface area (Å²) >= 11 is 3.17. The van der Waals surface area contributed by atoms with E-state index in [1.54, 1.807) is 0 Å². The quantitative estimate of drug-likeness (QED) is 0.589. The van der Waals surface area contributed by atoms with Crippen LogP contribution in [-0.2, 0) is 9.53 Å². The zero-order valence-electron chi connectivity index (χ0n) is 11.8. The first-order chi connectivity index (χ1) is 9.84. The van der Waals surface area contributed by atoms with Gasteiger partial charge in [0.15, 0.2) is 11.9 Å². The van der Waals surface area contributed by atoms with Gasteiger partial charge in [-0.25, -0.2) is 0 Å². The molecule has 0 N–H and O–H groups in total. The first kappa shape index (κ1) is 18.2. The molecule has 0 saturated carbocycles. The maximum absolute atomic E-state index is 13.0. The lowest BCUT2D eigenvalue weighted by Gasteiger charge is -2.21. The number of rotatable bonds is 8. The lowest BCUT2D eigenvalue weighted by atomic mass is 10.1. The molecule has 0 heterocycles. The van der Waals surface area contributed by atoms with Crippen LogP contribution in [0, 0.1) is 0 Å². The Morgan fingerprint density at radius 1 is 1.24 bits per heavy atom. The van der Waals surface area contributed by atoms with E-state index in [0.29, 0.717) is 10.9 Å². The van der Waals surface area contributed by atoms with Gasteiger partial charge in [-0.05, 0) is 24.1 Å². The van der Waals surface area contributed by atoms with Gasteiger partial charge in [0, 0.05) is 10.9 Å². The van der Waals surface area contributed by atoms with Crippen LogP contribution in [0.25, 0.3) is 0 Å². The average molecular weight is 367 g/mol. The van der Waals surface area contributed by atoms with Crippen molar-refractivity contribution in [3.05, 3.63) is 34.3 Å². The number of ketones is 1. The van der Waals surface area contributed by atoms with Crippen molar-refractivity contribution in [2.75, 3.05) is 6.61 Å². The fraction of sp³-hybridized carbons (Fsp3) is 0.533. The van der Waals surface area contributed by atoms with Crippen molar-refractivity contribution in [2.45, 2.75) is 44.9 Å². The van der Waals surface area contributed by atoms with Crippen molar-refractivity contribution in [1.29, 1.82) is 0 Å².